The summed E-state index contributed by atoms with van der Waals surface area (Å²) in [6, 6.07) is 0. The molecule has 0 fully saturated rings. The zero-order valence-corrected chi connectivity index (χ0v) is 6.96. The van der Waals surface area contributed by atoms with E-state index in [9.17, 15) is 0 Å². The van der Waals surface area contributed by atoms with Crippen molar-refractivity contribution in [2.45, 2.75) is 26.3 Å². The monoisotopic (exact) mass is 162 g/mol. The van der Waals surface area contributed by atoms with E-state index >= 15 is 0 Å². The van der Waals surface area contributed by atoms with Crippen LogP contribution in [0.25, 0.3) is 5.73 Å². The predicted molar refractivity (Wildman–Crippen MR) is 24.1 cm³/mol. The smallest absolute Gasteiger partial charge is 0 e. The van der Waals surface area contributed by atoms with E-state index in [0.29, 0.717) is 0 Å². The van der Waals surface area contributed by atoms with Crippen LogP contribution >= 0.6 is 0 Å². The van der Waals surface area contributed by atoms with Crippen LogP contribution in [0.1, 0.15) is 20.8 Å². The van der Waals surface area contributed by atoms with Crippen LogP contribution < -0.4 is 0 Å². The molecule has 2 heteroatoms. The van der Waals surface area contributed by atoms with Crippen molar-refractivity contribution >= 4 is 0 Å². The van der Waals surface area contributed by atoms with Crippen molar-refractivity contribution < 1.29 is 26.2 Å². The first-order valence-corrected chi connectivity index (χ1v) is 1.75. The average molecular weight is 163 g/mol. The molecule has 0 heterocycles. The molecule has 0 saturated carbocycles. The molecule has 0 unspecified atom stereocenters. The number of hydrogen-bond acceptors (Lipinski definition) is 0. The SMILES string of the molecule is CC(C)(C)[NH-].[Zr]. The van der Waals surface area contributed by atoms with Gasteiger partial charge in [0.2, 0.25) is 0 Å². The fourth-order valence-corrected chi connectivity index (χ4v) is 0. The van der Waals surface area contributed by atoms with Crippen LogP contribution in [0.5, 0.6) is 0 Å². The molecule has 1 N–H and O–H groups in total. The third-order valence-electron chi connectivity index (χ3n) is 0. The Morgan fingerprint density at radius 1 is 1.17 bits per heavy atom. The molecule has 0 aliphatic carbocycles. The van der Waals surface area contributed by atoms with E-state index in [0.717, 1.165) is 0 Å². The van der Waals surface area contributed by atoms with Gasteiger partial charge in [0.25, 0.3) is 0 Å². The van der Waals surface area contributed by atoms with Gasteiger partial charge in [0, 0.05) is 26.2 Å². The maximum absolute atomic E-state index is 6.94. The third-order valence-corrected chi connectivity index (χ3v) is 0. The first-order chi connectivity index (χ1) is 2.00. The van der Waals surface area contributed by atoms with Crippen molar-refractivity contribution in [3.8, 4) is 0 Å². The van der Waals surface area contributed by atoms with Gasteiger partial charge in [0.05, 0.1) is 0 Å². The Hall–Kier alpha value is 0.843. The molecule has 0 aromatic rings. The van der Waals surface area contributed by atoms with E-state index in [2.05, 4.69) is 0 Å². The molecule has 36 valence electrons. The summed E-state index contributed by atoms with van der Waals surface area (Å²) in [4.78, 5) is 0. The molecule has 1 nitrogen and oxygen atoms in total. The second kappa shape index (κ2) is 2.93. The summed E-state index contributed by atoms with van der Waals surface area (Å²) in [5.41, 5.74) is 6.69. The van der Waals surface area contributed by atoms with E-state index in [1.54, 1.807) is 0 Å². The molecule has 0 saturated heterocycles. The maximum Gasteiger partial charge on any atom is 0 e. The minimum absolute atomic E-state index is 0. The standard InChI is InChI=1S/C4H10N.Zr/c1-4(2,3)5;/h5H,1-3H3;/q-1;. The van der Waals surface area contributed by atoms with Crippen LogP contribution in [-0.2, 0) is 26.2 Å². The van der Waals surface area contributed by atoms with Gasteiger partial charge in [0.1, 0.15) is 0 Å². The Balaban J connectivity index is 0. The zero-order chi connectivity index (χ0) is 4.50. The molecule has 0 bridgehead atoms. The topological polar surface area (TPSA) is 23.8 Å². The Kier molecular flexibility index (Phi) is 4.86. The van der Waals surface area contributed by atoms with Crippen molar-refractivity contribution in [2.24, 2.45) is 0 Å². The summed E-state index contributed by atoms with van der Waals surface area (Å²) in [5.74, 6) is 0. The van der Waals surface area contributed by atoms with E-state index in [4.69, 9.17) is 5.73 Å². The quantitative estimate of drug-likeness (QED) is 0.520. The van der Waals surface area contributed by atoms with Gasteiger partial charge < -0.3 is 5.73 Å². The Morgan fingerprint density at radius 2 is 1.17 bits per heavy atom. The zero-order valence-electron chi connectivity index (χ0n) is 4.50. The molecule has 0 aliphatic rings. The molecule has 0 aliphatic heterocycles. The van der Waals surface area contributed by atoms with Crippen LogP contribution in [0.2, 0.25) is 0 Å². The normalized spacial score (nSPS) is 10.0. The van der Waals surface area contributed by atoms with Crippen LogP contribution in [0, 0.1) is 0 Å². The third kappa shape index (κ3) is 101. The molecule has 0 atom stereocenters. The summed E-state index contributed by atoms with van der Waals surface area (Å²) in [5, 5.41) is 0. The first-order valence-electron chi connectivity index (χ1n) is 1.75. The second-order valence-corrected chi connectivity index (χ2v) is 2.25. The summed E-state index contributed by atoms with van der Waals surface area (Å²) >= 11 is 0. The van der Waals surface area contributed by atoms with E-state index in [-0.39, 0.29) is 31.7 Å². The Labute approximate surface area is 58.4 Å². The fourth-order valence-electron chi connectivity index (χ4n) is 0. The van der Waals surface area contributed by atoms with Gasteiger partial charge in [-0.15, -0.1) is 5.54 Å². The maximum atomic E-state index is 6.94. The van der Waals surface area contributed by atoms with E-state index < -0.39 is 0 Å². The molecule has 0 amide bonds. The van der Waals surface area contributed by atoms with Gasteiger partial charge in [0.15, 0.2) is 0 Å². The van der Waals surface area contributed by atoms with Crippen LogP contribution in [-0.4, -0.2) is 5.54 Å². The second-order valence-electron chi connectivity index (χ2n) is 2.25. The summed E-state index contributed by atoms with van der Waals surface area (Å²) in [6.07, 6.45) is 0. The van der Waals surface area contributed by atoms with Gasteiger partial charge in [-0.1, -0.05) is 20.8 Å². The minimum atomic E-state index is -0.250. The summed E-state index contributed by atoms with van der Waals surface area (Å²) < 4.78 is 0. The summed E-state index contributed by atoms with van der Waals surface area (Å²) in [6.45, 7) is 5.56. The van der Waals surface area contributed by atoms with Crippen molar-refractivity contribution in [3.05, 3.63) is 5.73 Å². The molecular weight excluding hydrogens is 153 g/mol. The molecule has 0 aromatic heterocycles. The predicted octanol–water partition coefficient (Wildman–Crippen LogP) is 1.83. The van der Waals surface area contributed by atoms with Crippen molar-refractivity contribution in [2.75, 3.05) is 0 Å². The molecule has 0 radical (unpaired) electrons. The molecule has 0 rings (SSSR count). The molecule has 6 heavy (non-hydrogen) atoms. The van der Waals surface area contributed by atoms with Crippen molar-refractivity contribution in [1.82, 2.24) is 0 Å². The molecule has 0 spiro atoms. The van der Waals surface area contributed by atoms with E-state index in [1.165, 1.54) is 0 Å². The number of hydrogen-bond donors (Lipinski definition) is 0. The van der Waals surface area contributed by atoms with Gasteiger partial charge in [-0.2, -0.15) is 0 Å². The number of rotatable bonds is 0. The van der Waals surface area contributed by atoms with Crippen LogP contribution in [0.3, 0.4) is 0 Å². The number of nitrogens with one attached hydrogen (secondary N) is 1. The Bertz CT molecular complexity index is 23.0. The van der Waals surface area contributed by atoms with Gasteiger partial charge in [-0.3, -0.25) is 0 Å². The van der Waals surface area contributed by atoms with Gasteiger partial charge >= 0.3 is 0 Å². The van der Waals surface area contributed by atoms with Crippen molar-refractivity contribution in [1.29, 1.82) is 0 Å². The minimum Gasteiger partial charge on any atom is -0.673 e. The largest absolute Gasteiger partial charge is 0.673 e. The molecule has 0 aromatic carbocycles. The Morgan fingerprint density at radius 3 is 1.17 bits per heavy atom. The van der Waals surface area contributed by atoms with E-state index in [1.807, 2.05) is 20.8 Å². The fraction of sp³-hybridized carbons (Fsp3) is 1.00. The van der Waals surface area contributed by atoms with Gasteiger partial charge in [-0.05, 0) is 0 Å². The first kappa shape index (κ1) is 9.96. The molecular formula is C4H10NZr-. The average Bonchev–Trinajstić information content (AvgIpc) is 0.722. The summed E-state index contributed by atoms with van der Waals surface area (Å²) in [7, 11) is 0. The van der Waals surface area contributed by atoms with Gasteiger partial charge in [-0.25, -0.2) is 0 Å². The van der Waals surface area contributed by atoms with Crippen LogP contribution in [0.15, 0.2) is 0 Å². The van der Waals surface area contributed by atoms with Crippen LogP contribution in [0.4, 0.5) is 0 Å². The van der Waals surface area contributed by atoms with Crippen molar-refractivity contribution in [3.63, 3.8) is 0 Å².